The fraction of sp³-hybridized carbons (Fsp3) is 0.360. The number of nitrogens with zero attached hydrogens (tertiary/aromatic N) is 1. The lowest BCUT2D eigenvalue weighted by Crippen LogP contribution is -2.66. The fourth-order valence-electron chi connectivity index (χ4n) is 4.63. The molecule has 1 unspecified atom stereocenters. The third kappa shape index (κ3) is 4.33. The third-order valence-corrected chi connectivity index (χ3v) is 6.43. The molecule has 1 saturated heterocycles. The second-order valence-corrected chi connectivity index (χ2v) is 8.93. The minimum absolute atomic E-state index is 0.0332. The zero-order chi connectivity index (χ0) is 24.5. The van der Waals surface area contributed by atoms with Gasteiger partial charge < -0.3 is 25.4 Å². The summed E-state index contributed by atoms with van der Waals surface area (Å²) in [7, 11) is 0. The predicted molar refractivity (Wildman–Crippen MR) is 123 cm³/mol. The number of benzene rings is 2. The largest absolute Gasteiger partial charge is 0.481 e. The van der Waals surface area contributed by atoms with Gasteiger partial charge in [-0.3, -0.25) is 14.4 Å². The Kier molecular flexibility index (Phi) is 6.28. The first-order chi connectivity index (χ1) is 16.2. The lowest BCUT2D eigenvalue weighted by atomic mass is 9.97. The summed E-state index contributed by atoms with van der Waals surface area (Å²) >= 11 is 0. The molecule has 2 aromatic carbocycles. The van der Waals surface area contributed by atoms with E-state index in [0.29, 0.717) is 0 Å². The summed E-state index contributed by atoms with van der Waals surface area (Å²) in [6.07, 6.45) is -1.52. The van der Waals surface area contributed by atoms with E-state index in [-0.39, 0.29) is 31.5 Å². The Hall–Kier alpha value is -3.88. The van der Waals surface area contributed by atoms with E-state index in [9.17, 15) is 24.3 Å². The number of hydrogen-bond donors (Lipinski definition) is 3. The SMILES string of the molecule is CC1(C)C(=O)NCCN1C(=O)C(CC(=O)O)NC(=O)OCC1c2ccccc2-c2ccccc21. The van der Waals surface area contributed by atoms with Gasteiger partial charge in [-0.2, -0.15) is 0 Å². The number of piperazine rings is 1. The Morgan fingerprint density at radius 3 is 2.29 bits per heavy atom. The number of carbonyl (C=O) groups is 4. The number of carboxylic acid groups (broad SMARTS) is 1. The summed E-state index contributed by atoms with van der Waals surface area (Å²) in [5.74, 6) is -2.41. The molecule has 3 N–H and O–H groups in total. The number of hydrogen-bond acceptors (Lipinski definition) is 5. The van der Waals surface area contributed by atoms with Gasteiger partial charge in [-0.25, -0.2) is 4.79 Å². The van der Waals surface area contributed by atoms with Crippen molar-refractivity contribution in [3.05, 3.63) is 59.7 Å². The first kappa shape index (κ1) is 23.3. The molecule has 2 aliphatic rings. The summed E-state index contributed by atoms with van der Waals surface area (Å²) in [5, 5.41) is 14.4. The van der Waals surface area contributed by atoms with Crippen LogP contribution < -0.4 is 10.6 Å². The number of carbonyl (C=O) groups excluding carboxylic acids is 3. The molecule has 1 aliphatic heterocycles. The molecule has 3 amide bonds. The van der Waals surface area contributed by atoms with Crippen molar-refractivity contribution in [1.82, 2.24) is 15.5 Å². The van der Waals surface area contributed by atoms with Crippen molar-refractivity contribution in [2.45, 2.75) is 37.8 Å². The Bertz CT molecular complexity index is 1100. The lowest BCUT2D eigenvalue weighted by Gasteiger charge is -2.42. The van der Waals surface area contributed by atoms with Crippen molar-refractivity contribution >= 4 is 23.9 Å². The molecule has 0 radical (unpaired) electrons. The van der Waals surface area contributed by atoms with Gasteiger partial charge in [-0.15, -0.1) is 0 Å². The lowest BCUT2D eigenvalue weighted by molar-refractivity contribution is -0.152. The van der Waals surface area contributed by atoms with Crippen molar-refractivity contribution < 1.29 is 29.0 Å². The van der Waals surface area contributed by atoms with E-state index in [0.717, 1.165) is 22.3 Å². The summed E-state index contributed by atoms with van der Waals surface area (Å²) in [5.41, 5.74) is 3.06. The fourth-order valence-corrected chi connectivity index (χ4v) is 4.63. The van der Waals surface area contributed by atoms with Crippen molar-refractivity contribution in [1.29, 1.82) is 0 Å². The molecule has 0 aromatic heterocycles. The molecular formula is C25H27N3O6. The highest BCUT2D eigenvalue weighted by molar-refractivity contribution is 5.96. The van der Waals surface area contributed by atoms with Crippen molar-refractivity contribution in [2.75, 3.05) is 19.7 Å². The quantitative estimate of drug-likeness (QED) is 0.600. The van der Waals surface area contributed by atoms with Gasteiger partial charge in [-0.05, 0) is 36.1 Å². The highest BCUT2D eigenvalue weighted by Gasteiger charge is 2.43. The van der Waals surface area contributed by atoms with Gasteiger partial charge in [0, 0.05) is 19.0 Å². The van der Waals surface area contributed by atoms with Crippen LogP contribution in [-0.2, 0) is 19.1 Å². The Balaban J connectivity index is 1.47. The van der Waals surface area contributed by atoms with Gasteiger partial charge in [0.05, 0.1) is 6.42 Å². The monoisotopic (exact) mass is 465 g/mol. The molecule has 1 aliphatic carbocycles. The molecule has 9 nitrogen and oxygen atoms in total. The standard InChI is InChI=1S/C25H27N3O6/c1-25(2)23(32)26-11-12-28(25)22(31)20(13-21(29)30)27-24(33)34-14-19-17-9-5-3-7-15(17)16-8-4-6-10-18(16)19/h3-10,19-20H,11-14H2,1-2H3,(H,26,32)(H,27,33)(H,29,30). The molecule has 0 spiro atoms. The van der Waals surface area contributed by atoms with Crippen LogP contribution in [0.15, 0.2) is 48.5 Å². The van der Waals surface area contributed by atoms with Crippen LogP contribution >= 0.6 is 0 Å². The highest BCUT2D eigenvalue weighted by Crippen LogP contribution is 2.44. The zero-order valence-electron chi connectivity index (χ0n) is 19.0. The minimum atomic E-state index is -1.36. The van der Waals surface area contributed by atoms with Crippen LogP contribution in [0.2, 0.25) is 0 Å². The molecular weight excluding hydrogens is 438 g/mol. The zero-order valence-corrected chi connectivity index (χ0v) is 19.0. The molecule has 1 atom stereocenters. The highest BCUT2D eigenvalue weighted by atomic mass is 16.5. The van der Waals surface area contributed by atoms with Gasteiger partial charge >= 0.3 is 12.1 Å². The van der Waals surface area contributed by atoms with Crippen LogP contribution in [0.5, 0.6) is 0 Å². The van der Waals surface area contributed by atoms with Gasteiger partial charge in [0.1, 0.15) is 18.2 Å². The van der Waals surface area contributed by atoms with E-state index >= 15 is 0 Å². The molecule has 9 heteroatoms. The average molecular weight is 466 g/mol. The number of rotatable bonds is 6. The third-order valence-electron chi connectivity index (χ3n) is 6.43. The molecule has 34 heavy (non-hydrogen) atoms. The van der Waals surface area contributed by atoms with Crippen LogP contribution in [0.25, 0.3) is 11.1 Å². The maximum Gasteiger partial charge on any atom is 0.407 e. The molecule has 0 bridgehead atoms. The Labute approximate surface area is 197 Å². The van der Waals surface area contributed by atoms with E-state index in [1.807, 2.05) is 48.5 Å². The number of aliphatic carboxylic acids is 1. The molecule has 4 rings (SSSR count). The van der Waals surface area contributed by atoms with Gasteiger partial charge in [0.15, 0.2) is 0 Å². The number of alkyl carbamates (subject to hydrolysis) is 1. The first-order valence-corrected chi connectivity index (χ1v) is 11.1. The van der Waals surface area contributed by atoms with Crippen molar-refractivity contribution in [2.24, 2.45) is 0 Å². The first-order valence-electron chi connectivity index (χ1n) is 11.1. The van der Waals surface area contributed by atoms with Crippen LogP contribution in [0.3, 0.4) is 0 Å². The van der Waals surface area contributed by atoms with E-state index < -0.39 is 36.0 Å². The van der Waals surface area contributed by atoms with E-state index in [4.69, 9.17) is 4.74 Å². The van der Waals surface area contributed by atoms with Crippen LogP contribution in [0.4, 0.5) is 4.79 Å². The number of ether oxygens (including phenoxy) is 1. The Morgan fingerprint density at radius 1 is 1.12 bits per heavy atom. The Morgan fingerprint density at radius 2 is 1.71 bits per heavy atom. The summed E-state index contributed by atoms with van der Waals surface area (Å²) in [6.45, 7) is 3.64. The van der Waals surface area contributed by atoms with E-state index in [1.165, 1.54) is 4.90 Å². The normalized spacial score (nSPS) is 17.2. The number of carboxylic acids is 1. The topological polar surface area (TPSA) is 125 Å². The van der Waals surface area contributed by atoms with Gasteiger partial charge in [0.2, 0.25) is 11.8 Å². The van der Waals surface area contributed by atoms with Gasteiger partial charge in [0.25, 0.3) is 0 Å². The van der Waals surface area contributed by atoms with E-state index in [1.54, 1.807) is 13.8 Å². The summed E-state index contributed by atoms with van der Waals surface area (Å²) < 4.78 is 5.47. The maximum absolute atomic E-state index is 13.1. The van der Waals surface area contributed by atoms with Crippen molar-refractivity contribution in [3.8, 4) is 11.1 Å². The summed E-state index contributed by atoms with van der Waals surface area (Å²) in [4.78, 5) is 50.7. The molecule has 2 aromatic rings. The van der Waals surface area contributed by atoms with E-state index in [2.05, 4.69) is 10.6 Å². The van der Waals surface area contributed by atoms with Gasteiger partial charge in [-0.1, -0.05) is 48.5 Å². The summed E-state index contributed by atoms with van der Waals surface area (Å²) in [6, 6.07) is 14.4. The minimum Gasteiger partial charge on any atom is -0.481 e. The smallest absolute Gasteiger partial charge is 0.407 e. The number of fused-ring (bicyclic) bond motifs is 3. The molecule has 1 heterocycles. The molecule has 1 fully saturated rings. The second kappa shape index (κ2) is 9.17. The number of amides is 3. The van der Waals surface area contributed by atoms with Crippen LogP contribution in [-0.4, -0.2) is 65.2 Å². The van der Waals surface area contributed by atoms with Crippen LogP contribution in [0.1, 0.15) is 37.3 Å². The second-order valence-electron chi connectivity index (χ2n) is 8.93. The molecule has 178 valence electrons. The number of nitrogens with one attached hydrogen (secondary N) is 2. The van der Waals surface area contributed by atoms with Crippen molar-refractivity contribution in [3.63, 3.8) is 0 Å². The molecule has 0 saturated carbocycles. The van der Waals surface area contributed by atoms with Crippen LogP contribution in [0, 0.1) is 0 Å². The average Bonchev–Trinajstić information content (AvgIpc) is 3.12. The predicted octanol–water partition coefficient (Wildman–Crippen LogP) is 2.11. The maximum atomic E-state index is 13.1.